The summed E-state index contributed by atoms with van der Waals surface area (Å²) in [6.45, 7) is 19.1. The van der Waals surface area contributed by atoms with E-state index in [-0.39, 0.29) is 13.2 Å². The van der Waals surface area contributed by atoms with E-state index in [1.165, 1.54) is 6.08 Å². The molecule has 0 saturated carbocycles. The van der Waals surface area contributed by atoms with Crippen LogP contribution in [0.25, 0.3) is 0 Å². The zero-order valence-corrected chi connectivity index (χ0v) is 21.7. The average Bonchev–Trinajstić information content (AvgIpc) is 2.54. The fourth-order valence-corrected chi connectivity index (χ4v) is 8.43. The molecule has 7 nitrogen and oxygen atoms in total. The number of carbonyl (C=O) groups is 3. The van der Waals surface area contributed by atoms with Crippen molar-refractivity contribution in [3.8, 4) is 0 Å². The Morgan fingerprint density at radius 2 is 1.76 bits per heavy atom. The van der Waals surface area contributed by atoms with Gasteiger partial charge in [0.2, 0.25) is 0 Å². The lowest BCUT2D eigenvalue weighted by atomic mass is 9.89. The molecule has 0 aromatic carbocycles. The Bertz CT molecular complexity index is 660. The number of esters is 1. The van der Waals surface area contributed by atoms with Crippen molar-refractivity contribution in [2.75, 3.05) is 13.2 Å². The number of hydrogen-bond acceptors (Lipinski definition) is 7. The third-order valence-electron chi connectivity index (χ3n) is 4.80. The first-order valence-electron chi connectivity index (χ1n) is 9.89. The molecule has 0 radical (unpaired) electrons. The van der Waals surface area contributed by atoms with Crippen LogP contribution in [-0.4, -0.2) is 69.2 Å². The molecule has 0 aromatic rings. The lowest BCUT2D eigenvalue weighted by Crippen LogP contribution is -2.85. The van der Waals surface area contributed by atoms with Gasteiger partial charge in [0.25, 0.3) is 0 Å². The van der Waals surface area contributed by atoms with Crippen molar-refractivity contribution in [1.29, 1.82) is 0 Å². The number of ether oxygens (including phenoxy) is 2. The maximum absolute atomic E-state index is 13.6. The topological polar surface area (TPSA) is 78.9 Å². The van der Waals surface area contributed by atoms with Crippen LogP contribution in [0.2, 0.25) is 39.3 Å². The first kappa shape index (κ1) is 26.1. The summed E-state index contributed by atoms with van der Waals surface area (Å²) in [7, 11) is -4.34. The van der Waals surface area contributed by atoms with Crippen molar-refractivity contribution >= 4 is 47.0 Å². The molecule has 3 unspecified atom stereocenters. The number of carbonyl (C=O) groups excluding carboxylic acids is 3. The maximum atomic E-state index is 13.6. The standard InChI is InChI=1S/C19H35NO6SSi2/c1-10-12-25-19(23)20(17(28(4,5)6)18(22)24-11-2)15(21)14(16(20)27)13(3)26-29(7,8)9/h10,13-14,16-17H,1,11-12H2,2-9H3/p+1/t13?,14-,16+,17?,20?/m0/s1. The van der Waals surface area contributed by atoms with Crippen molar-refractivity contribution in [1.82, 2.24) is 0 Å². The predicted molar refractivity (Wildman–Crippen MR) is 121 cm³/mol. The number of likely N-dealkylation sites (tertiary alicyclic amines) is 1. The highest BCUT2D eigenvalue weighted by molar-refractivity contribution is 7.80. The minimum absolute atomic E-state index is 0.0561. The first-order chi connectivity index (χ1) is 13.2. The quantitative estimate of drug-likeness (QED) is 0.141. The number of quaternary nitrogens is 1. The van der Waals surface area contributed by atoms with E-state index in [1.54, 1.807) is 6.92 Å². The summed E-state index contributed by atoms with van der Waals surface area (Å²) in [5.41, 5.74) is -0.954. The first-order valence-corrected chi connectivity index (χ1v) is 17.4. The van der Waals surface area contributed by atoms with E-state index in [0.29, 0.717) is 0 Å². The average molecular weight is 463 g/mol. The van der Waals surface area contributed by atoms with Gasteiger partial charge in [0.1, 0.15) is 14.7 Å². The fraction of sp³-hybridized carbons (Fsp3) is 0.737. The second kappa shape index (κ2) is 9.46. The second-order valence-corrected chi connectivity index (χ2v) is 19.6. The summed E-state index contributed by atoms with van der Waals surface area (Å²) < 4.78 is 15.9. The molecule has 1 fully saturated rings. The molecular formula is C19H36NO6SSi2+. The smallest absolute Gasteiger partial charge is 0.462 e. The van der Waals surface area contributed by atoms with Gasteiger partial charge in [-0.05, 0) is 33.5 Å². The Morgan fingerprint density at radius 1 is 1.21 bits per heavy atom. The molecule has 10 heteroatoms. The van der Waals surface area contributed by atoms with Crippen molar-refractivity contribution in [2.45, 2.75) is 70.3 Å². The number of imide groups is 1. The number of β-lactam (4-membered cyclic amide) rings is 1. The number of nitrogens with zero attached hydrogens (tertiary/aromatic N) is 1. The van der Waals surface area contributed by atoms with Gasteiger partial charge >= 0.3 is 18.0 Å². The third-order valence-corrected chi connectivity index (χ3v) is 8.85. The van der Waals surface area contributed by atoms with E-state index in [9.17, 15) is 14.4 Å². The van der Waals surface area contributed by atoms with E-state index >= 15 is 0 Å². The van der Waals surface area contributed by atoms with Gasteiger partial charge in [-0.2, -0.15) is 4.79 Å². The van der Waals surface area contributed by atoms with E-state index in [4.69, 9.17) is 13.9 Å². The van der Waals surface area contributed by atoms with Gasteiger partial charge in [0.05, 0.1) is 12.7 Å². The van der Waals surface area contributed by atoms with E-state index in [1.807, 2.05) is 46.2 Å². The third kappa shape index (κ3) is 5.22. The molecule has 2 amide bonds. The molecule has 5 atom stereocenters. The highest BCUT2D eigenvalue weighted by atomic mass is 32.1. The Labute approximate surface area is 181 Å². The summed E-state index contributed by atoms with van der Waals surface area (Å²) in [6.07, 6.45) is 0.223. The minimum atomic E-state index is -2.42. The van der Waals surface area contributed by atoms with E-state index in [2.05, 4.69) is 19.2 Å². The van der Waals surface area contributed by atoms with Crippen molar-refractivity contribution in [3.05, 3.63) is 12.7 Å². The van der Waals surface area contributed by atoms with Crippen LogP contribution in [0.1, 0.15) is 13.8 Å². The molecule has 0 bridgehead atoms. The summed E-state index contributed by atoms with van der Waals surface area (Å²) in [5, 5.41) is -0.757. The highest BCUT2D eigenvalue weighted by Crippen LogP contribution is 2.47. The number of rotatable bonds is 9. The molecule has 0 aromatic heterocycles. The van der Waals surface area contributed by atoms with Crippen LogP contribution in [0.15, 0.2) is 12.7 Å². The molecule has 0 aliphatic carbocycles. The number of thiol groups is 1. The Kier molecular flexibility index (Phi) is 8.51. The van der Waals surface area contributed by atoms with Crippen molar-refractivity contribution in [2.24, 2.45) is 5.92 Å². The van der Waals surface area contributed by atoms with Crippen LogP contribution in [0.3, 0.4) is 0 Å². The fourth-order valence-electron chi connectivity index (χ4n) is 3.92. The summed E-state index contributed by atoms with van der Waals surface area (Å²) >= 11 is 4.68. The predicted octanol–water partition coefficient (Wildman–Crippen LogP) is 3.59. The van der Waals surface area contributed by atoms with Gasteiger partial charge in [0, 0.05) is 0 Å². The zero-order valence-electron chi connectivity index (χ0n) is 18.9. The van der Waals surface area contributed by atoms with Crippen molar-refractivity contribution < 1.29 is 32.8 Å². The van der Waals surface area contributed by atoms with Gasteiger partial charge < -0.3 is 13.9 Å². The molecule has 0 N–H and O–H groups in total. The molecule has 1 aliphatic heterocycles. The monoisotopic (exact) mass is 462 g/mol. The normalized spacial score (nSPS) is 26.9. The molecule has 1 rings (SSSR count). The van der Waals surface area contributed by atoms with E-state index in [0.717, 1.165) is 0 Å². The highest BCUT2D eigenvalue weighted by Gasteiger charge is 2.76. The minimum Gasteiger partial charge on any atom is -0.462 e. The summed E-state index contributed by atoms with van der Waals surface area (Å²) in [6, 6.07) is 0. The van der Waals surface area contributed by atoms with Gasteiger partial charge in [0.15, 0.2) is 25.3 Å². The van der Waals surface area contributed by atoms with Crippen LogP contribution in [-0.2, 0) is 23.5 Å². The summed E-state index contributed by atoms with van der Waals surface area (Å²) in [4.78, 5) is 39.7. The molecule has 166 valence electrons. The van der Waals surface area contributed by atoms with Gasteiger partial charge in [-0.3, -0.25) is 0 Å². The summed E-state index contributed by atoms with van der Waals surface area (Å²) in [5.74, 6) is -1.58. The SMILES string of the molecule is C=CCOC(=O)[N+]1(C(C(=O)OCC)[Si](C)(C)C)C(=O)[C@H](C(C)O[Si](C)(C)C)[C@H]1S. The Morgan fingerprint density at radius 3 is 2.14 bits per heavy atom. The largest absolute Gasteiger partial charge is 0.525 e. The van der Waals surface area contributed by atoms with Gasteiger partial charge in [-0.1, -0.05) is 32.3 Å². The van der Waals surface area contributed by atoms with Crippen LogP contribution in [0.4, 0.5) is 4.79 Å². The van der Waals surface area contributed by atoms with Crippen LogP contribution in [0, 0.1) is 5.92 Å². The molecule has 1 heterocycles. The second-order valence-electron chi connectivity index (χ2n) is 9.38. The molecule has 29 heavy (non-hydrogen) atoms. The lowest BCUT2D eigenvalue weighted by Gasteiger charge is -2.55. The van der Waals surface area contributed by atoms with Crippen LogP contribution < -0.4 is 0 Å². The number of hydrogen-bond donors (Lipinski definition) is 1. The Hall–Kier alpha value is -0.946. The number of amides is 2. The molecule has 0 spiro atoms. The van der Waals surface area contributed by atoms with E-state index < -0.39 is 61.9 Å². The van der Waals surface area contributed by atoms with Gasteiger partial charge in [-0.15, -0.1) is 17.1 Å². The van der Waals surface area contributed by atoms with Gasteiger partial charge in [-0.25, -0.2) is 9.59 Å². The van der Waals surface area contributed by atoms with Crippen LogP contribution in [0.5, 0.6) is 0 Å². The maximum Gasteiger partial charge on any atom is 0.525 e. The molecule has 1 aliphatic rings. The van der Waals surface area contributed by atoms with Crippen molar-refractivity contribution in [3.63, 3.8) is 0 Å². The Balaban J connectivity index is 3.48. The molecule has 1 saturated heterocycles. The molecular weight excluding hydrogens is 426 g/mol. The zero-order chi connectivity index (χ0) is 22.8. The lowest BCUT2D eigenvalue weighted by molar-refractivity contribution is -0.836. The van der Waals surface area contributed by atoms with Crippen LogP contribution >= 0.6 is 12.6 Å².